The van der Waals surface area contributed by atoms with Gasteiger partial charge in [0.2, 0.25) is 0 Å². The van der Waals surface area contributed by atoms with E-state index in [1.807, 2.05) is 67.6 Å². The normalized spacial score (nSPS) is 11.1. The Bertz CT molecular complexity index is 1590. The van der Waals surface area contributed by atoms with Crippen molar-refractivity contribution in [1.29, 1.82) is 0 Å². The number of carbonyl (C=O) groups is 1. The molecule has 0 aliphatic heterocycles. The van der Waals surface area contributed by atoms with E-state index in [0.717, 1.165) is 39.5 Å². The molecule has 0 radical (unpaired) electrons. The summed E-state index contributed by atoms with van der Waals surface area (Å²) < 4.78 is 7.89. The molecule has 0 spiro atoms. The number of rotatable bonds is 8. The smallest absolute Gasteiger partial charge is 0.337 e. The van der Waals surface area contributed by atoms with E-state index >= 15 is 0 Å². The average Bonchev–Trinajstić information content (AvgIpc) is 3.33. The van der Waals surface area contributed by atoms with Crippen LogP contribution in [0.15, 0.2) is 114 Å². The zero-order valence-electron chi connectivity index (χ0n) is 20.7. The summed E-state index contributed by atoms with van der Waals surface area (Å²) in [6, 6.07) is 35.2. The number of aromatic nitrogens is 1. The van der Waals surface area contributed by atoms with Gasteiger partial charge in [0.15, 0.2) is 0 Å². The SMILES string of the molecule is CCOc1ccc(-n2c(-c3ccccc3)cc(C=Nc3ccc(Cl)c(C(=O)O)c3)c2-c2ccccc2)cc1. The van der Waals surface area contributed by atoms with Gasteiger partial charge in [-0.15, -0.1) is 0 Å². The number of aliphatic imine (C=N–C) groups is 1. The lowest BCUT2D eigenvalue weighted by molar-refractivity contribution is 0.0697. The predicted molar refractivity (Wildman–Crippen MR) is 153 cm³/mol. The number of aromatic carboxylic acids is 1. The minimum atomic E-state index is -1.09. The number of ether oxygens (including phenoxy) is 1. The maximum absolute atomic E-state index is 11.6. The van der Waals surface area contributed by atoms with Crippen LogP contribution >= 0.6 is 11.6 Å². The van der Waals surface area contributed by atoms with Crippen LogP contribution in [0.4, 0.5) is 5.69 Å². The van der Waals surface area contributed by atoms with Crippen molar-refractivity contribution in [2.24, 2.45) is 4.99 Å². The fourth-order valence-electron chi connectivity index (χ4n) is 4.37. The van der Waals surface area contributed by atoms with Gasteiger partial charge in [0, 0.05) is 17.5 Å². The van der Waals surface area contributed by atoms with Gasteiger partial charge < -0.3 is 14.4 Å². The predicted octanol–water partition coefficient (Wildman–Crippen LogP) is 8.31. The fourth-order valence-corrected chi connectivity index (χ4v) is 4.57. The Morgan fingerprint density at radius 1 is 0.895 bits per heavy atom. The van der Waals surface area contributed by atoms with Crippen LogP contribution in [0.5, 0.6) is 5.75 Å². The quantitative estimate of drug-likeness (QED) is 0.209. The lowest BCUT2D eigenvalue weighted by Crippen LogP contribution is -2.01. The van der Waals surface area contributed by atoms with E-state index in [9.17, 15) is 9.90 Å². The molecule has 0 fully saturated rings. The van der Waals surface area contributed by atoms with Crippen LogP contribution in [-0.4, -0.2) is 28.5 Å². The summed E-state index contributed by atoms with van der Waals surface area (Å²) in [7, 11) is 0. The highest BCUT2D eigenvalue weighted by Crippen LogP contribution is 2.36. The molecule has 0 bridgehead atoms. The van der Waals surface area contributed by atoms with Gasteiger partial charge in [0.1, 0.15) is 5.75 Å². The zero-order chi connectivity index (χ0) is 26.5. The summed E-state index contributed by atoms with van der Waals surface area (Å²) in [5.41, 5.74) is 6.41. The van der Waals surface area contributed by atoms with E-state index in [-0.39, 0.29) is 10.6 Å². The molecule has 0 unspecified atom stereocenters. The third-order valence-corrected chi connectivity index (χ3v) is 6.42. The van der Waals surface area contributed by atoms with Crippen LogP contribution in [-0.2, 0) is 0 Å². The summed E-state index contributed by atoms with van der Waals surface area (Å²) in [5, 5.41) is 9.64. The fraction of sp³-hybridized carbons (Fsp3) is 0.0625. The van der Waals surface area contributed by atoms with Crippen molar-refractivity contribution in [1.82, 2.24) is 4.57 Å². The van der Waals surface area contributed by atoms with E-state index in [2.05, 4.69) is 39.9 Å². The number of carboxylic acid groups (broad SMARTS) is 1. The lowest BCUT2D eigenvalue weighted by Gasteiger charge is -2.15. The highest BCUT2D eigenvalue weighted by Gasteiger charge is 2.19. The monoisotopic (exact) mass is 520 g/mol. The number of carboxylic acids is 1. The molecule has 0 aliphatic carbocycles. The molecular formula is C32H25ClN2O3. The molecule has 38 heavy (non-hydrogen) atoms. The van der Waals surface area contributed by atoms with Gasteiger partial charge in [-0.25, -0.2) is 4.79 Å². The molecule has 0 saturated carbocycles. The Kier molecular flexibility index (Phi) is 7.38. The molecule has 4 aromatic carbocycles. The minimum absolute atomic E-state index is 0.0153. The van der Waals surface area contributed by atoms with Crippen LogP contribution in [0.2, 0.25) is 5.02 Å². The lowest BCUT2D eigenvalue weighted by atomic mass is 10.1. The number of hydrogen-bond donors (Lipinski definition) is 1. The van der Waals surface area contributed by atoms with Gasteiger partial charge in [0.05, 0.1) is 34.3 Å². The molecule has 0 atom stereocenters. The maximum Gasteiger partial charge on any atom is 0.337 e. The first-order valence-corrected chi connectivity index (χ1v) is 12.6. The van der Waals surface area contributed by atoms with Crippen molar-refractivity contribution in [2.75, 3.05) is 6.61 Å². The second-order valence-corrected chi connectivity index (χ2v) is 8.96. The van der Waals surface area contributed by atoms with Crippen molar-refractivity contribution in [3.05, 3.63) is 125 Å². The summed E-state index contributed by atoms with van der Waals surface area (Å²) in [5.74, 6) is -0.283. The summed E-state index contributed by atoms with van der Waals surface area (Å²) in [4.78, 5) is 16.2. The average molecular weight is 521 g/mol. The highest BCUT2D eigenvalue weighted by molar-refractivity contribution is 6.33. The molecule has 0 aliphatic rings. The van der Waals surface area contributed by atoms with Crippen LogP contribution in [0.25, 0.3) is 28.2 Å². The first-order valence-electron chi connectivity index (χ1n) is 12.2. The van der Waals surface area contributed by atoms with Crippen molar-refractivity contribution in [3.63, 3.8) is 0 Å². The van der Waals surface area contributed by atoms with Gasteiger partial charge in [-0.2, -0.15) is 0 Å². The first-order chi connectivity index (χ1) is 18.5. The van der Waals surface area contributed by atoms with E-state index in [1.54, 1.807) is 18.3 Å². The van der Waals surface area contributed by atoms with E-state index in [4.69, 9.17) is 16.3 Å². The zero-order valence-corrected chi connectivity index (χ0v) is 21.5. The highest BCUT2D eigenvalue weighted by atomic mass is 35.5. The van der Waals surface area contributed by atoms with Crippen molar-refractivity contribution in [3.8, 4) is 34.0 Å². The molecule has 5 nitrogen and oxygen atoms in total. The Labute approximate surface area is 226 Å². The molecule has 6 heteroatoms. The van der Waals surface area contributed by atoms with Gasteiger partial charge >= 0.3 is 5.97 Å². The van der Waals surface area contributed by atoms with Gasteiger partial charge in [0.25, 0.3) is 0 Å². The maximum atomic E-state index is 11.6. The first kappa shape index (κ1) is 25.1. The summed E-state index contributed by atoms with van der Waals surface area (Å²) >= 11 is 6.06. The van der Waals surface area contributed by atoms with Crippen molar-refractivity contribution < 1.29 is 14.6 Å². The van der Waals surface area contributed by atoms with E-state index < -0.39 is 5.97 Å². The Hall–Kier alpha value is -4.61. The number of halogens is 1. The molecule has 0 amide bonds. The van der Waals surface area contributed by atoms with Crippen molar-refractivity contribution in [2.45, 2.75) is 6.92 Å². The van der Waals surface area contributed by atoms with Crippen LogP contribution in [0.1, 0.15) is 22.8 Å². The molecular weight excluding hydrogens is 496 g/mol. The molecule has 1 aromatic heterocycles. The van der Waals surface area contributed by atoms with Gasteiger partial charge in [-0.3, -0.25) is 4.99 Å². The molecule has 1 heterocycles. The summed E-state index contributed by atoms with van der Waals surface area (Å²) in [6.07, 6.45) is 1.77. The standard InChI is InChI=1S/C32H25ClN2O3/c1-2-38-27-16-14-26(15-17-27)35-30(22-9-5-3-6-10-22)19-24(31(35)23-11-7-4-8-12-23)21-34-25-13-18-29(33)28(20-25)32(36)37/h3-21H,2H2,1H3,(H,36,37). The Morgan fingerprint density at radius 2 is 1.55 bits per heavy atom. The molecule has 5 aromatic rings. The topological polar surface area (TPSA) is 63.8 Å². The van der Waals surface area contributed by atoms with Crippen LogP contribution in [0.3, 0.4) is 0 Å². The van der Waals surface area contributed by atoms with Crippen LogP contribution in [0, 0.1) is 0 Å². The molecule has 1 N–H and O–H groups in total. The molecule has 0 saturated heterocycles. The number of benzene rings is 4. The Balaban J connectivity index is 1.72. The van der Waals surface area contributed by atoms with Gasteiger partial charge in [-0.05, 0) is 66.6 Å². The Morgan fingerprint density at radius 3 is 2.18 bits per heavy atom. The third kappa shape index (κ3) is 5.24. The molecule has 5 rings (SSSR count). The second kappa shape index (κ2) is 11.2. The summed E-state index contributed by atoms with van der Waals surface area (Å²) in [6.45, 7) is 2.56. The van der Waals surface area contributed by atoms with Crippen LogP contribution < -0.4 is 4.74 Å². The largest absolute Gasteiger partial charge is 0.494 e. The number of hydrogen-bond acceptors (Lipinski definition) is 3. The number of nitrogens with zero attached hydrogens (tertiary/aromatic N) is 2. The van der Waals surface area contributed by atoms with Gasteiger partial charge in [-0.1, -0.05) is 72.3 Å². The van der Waals surface area contributed by atoms with Crippen molar-refractivity contribution >= 4 is 29.5 Å². The molecule has 188 valence electrons. The van der Waals surface area contributed by atoms with E-state index in [1.165, 1.54) is 6.07 Å². The third-order valence-electron chi connectivity index (χ3n) is 6.09. The minimum Gasteiger partial charge on any atom is -0.494 e. The van der Waals surface area contributed by atoms with E-state index in [0.29, 0.717) is 12.3 Å². The second-order valence-electron chi connectivity index (χ2n) is 8.56.